The highest BCUT2D eigenvalue weighted by atomic mass is 16.1. The van der Waals surface area contributed by atoms with Crippen molar-refractivity contribution in [3.8, 4) is 0 Å². The summed E-state index contributed by atoms with van der Waals surface area (Å²) in [6.07, 6.45) is 3.21. The number of hydrogen-bond donors (Lipinski definition) is 2. The van der Waals surface area contributed by atoms with E-state index in [0.717, 1.165) is 45.4 Å². The van der Waals surface area contributed by atoms with E-state index in [4.69, 9.17) is 11.5 Å². The fourth-order valence-electron chi connectivity index (χ4n) is 2.15. The molecule has 1 heterocycles. The van der Waals surface area contributed by atoms with Crippen molar-refractivity contribution >= 4 is 5.91 Å². The van der Waals surface area contributed by atoms with Crippen LogP contribution in [0.5, 0.6) is 0 Å². The number of hydrogen-bond acceptors (Lipinski definition) is 3. The Labute approximate surface area is 98.3 Å². The molecule has 1 amide bonds. The van der Waals surface area contributed by atoms with Gasteiger partial charge in [-0.25, -0.2) is 0 Å². The molecule has 1 aliphatic heterocycles. The van der Waals surface area contributed by atoms with Gasteiger partial charge in [0, 0.05) is 6.54 Å². The van der Waals surface area contributed by atoms with Crippen molar-refractivity contribution in [3.05, 3.63) is 0 Å². The number of primary amides is 1. The van der Waals surface area contributed by atoms with Gasteiger partial charge >= 0.3 is 0 Å². The van der Waals surface area contributed by atoms with Gasteiger partial charge in [0.25, 0.3) is 0 Å². The van der Waals surface area contributed by atoms with Crippen LogP contribution >= 0.6 is 0 Å². The van der Waals surface area contributed by atoms with E-state index in [2.05, 4.69) is 18.7 Å². The molecule has 16 heavy (non-hydrogen) atoms. The third-order valence-electron chi connectivity index (χ3n) is 3.56. The number of rotatable bonds is 6. The Balaban J connectivity index is 2.18. The first-order chi connectivity index (χ1) is 7.44. The third kappa shape index (κ3) is 4.10. The zero-order chi connectivity index (χ0) is 12.2. The molecule has 0 saturated carbocycles. The molecule has 1 aliphatic rings. The lowest BCUT2D eigenvalue weighted by atomic mass is 9.88. The molecule has 0 aromatic rings. The third-order valence-corrected chi connectivity index (χ3v) is 3.56. The van der Waals surface area contributed by atoms with Crippen LogP contribution in [0.4, 0.5) is 0 Å². The van der Waals surface area contributed by atoms with E-state index >= 15 is 0 Å². The fourth-order valence-corrected chi connectivity index (χ4v) is 2.15. The van der Waals surface area contributed by atoms with Crippen molar-refractivity contribution in [3.63, 3.8) is 0 Å². The summed E-state index contributed by atoms with van der Waals surface area (Å²) in [5.74, 6) is -0.0766. The number of carbonyl (C=O) groups excluding carboxylic acids is 1. The van der Waals surface area contributed by atoms with Crippen molar-refractivity contribution in [2.24, 2.45) is 22.8 Å². The average molecular weight is 227 g/mol. The molecular weight excluding hydrogens is 202 g/mol. The minimum absolute atomic E-state index is 0.0718. The quantitative estimate of drug-likeness (QED) is 0.696. The zero-order valence-electron chi connectivity index (χ0n) is 10.5. The summed E-state index contributed by atoms with van der Waals surface area (Å²) < 4.78 is 0. The maximum Gasteiger partial charge on any atom is 0.221 e. The van der Waals surface area contributed by atoms with E-state index in [-0.39, 0.29) is 17.2 Å². The van der Waals surface area contributed by atoms with Gasteiger partial charge < -0.3 is 16.4 Å². The molecule has 4 nitrogen and oxygen atoms in total. The summed E-state index contributed by atoms with van der Waals surface area (Å²) in [5.41, 5.74) is 11.2. The Hall–Kier alpha value is -0.610. The smallest absolute Gasteiger partial charge is 0.221 e. The predicted molar refractivity (Wildman–Crippen MR) is 65.8 cm³/mol. The Bertz CT molecular complexity index is 240. The summed E-state index contributed by atoms with van der Waals surface area (Å²) in [7, 11) is 0. The van der Waals surface area contributed by atoms with E-state index in [0.29, 0.717) is 0 Å². The highest BCUT2D eigenvalue weighted by molar-refractivity contribution is 5.77. The predicted octanol–water partition coefficient (Wildman–Crippen LogP) is 0.559. The first-order valence-corrected chi connectivity index (χ1v) is 6.16. The summed E-state index contributed by atoms with van der Waals surface area (Å²) in [4.78, 5) is 13.3. The summed E-state index contributed by atoms with van der Waals surface area (Å²) >= 11 is 0. The maximum atomic E-state index is 11.0. The van der Waals surface area contributed by atoms with Gasteiger partial charge in [-0.3, -0.25) is 4.79 Å². The lowest BCUT2D eigenvalue weighted by Gasteiger charge is -2.24. The second-order valence-corrected chi connectivity index (χ2v) is 5.66. The number of carbonyl (C=O) groups is 1. The molecule has 0 aromatic heterocycles. The number of nitrogens with two attached hydrogens (primary N) is 2. The van der Waals surface area contributed by atoms with E-state index in [1.807, 2.05) is 0 Å². The van der Waals surface area contributed by atoms with Crippen LogP contribution in [0, 0.1) is 11.3 Å². The SMILES string of the molecule is CC(C)(CN)CCCN1CCC(C(N)=O)C1. The second kappa shape index (κ2) is 5.64. The largest absolute Gasteiger partial charge is 0.369 e. The Morgan fingerprint density at radius 3 is 2.69 bits per heavy atom. The van der Waals surface area contributed by atoms with Crippen molar-refractivity contribution in [2.45, 2.75) is 33.1 Å². The molecule has 0 bridgehead atoms. The first kappa shape index (κ1) is 13.5. The molecule has 1 rings (SSSR count). The van der Waals surface area contributed by atoms with Crippen molar-refractivity contribution in [1.82, 2.24) is 4.90 Å². The fraction of sp³-hybridized carbons (Fsp3) is 0.917. The summed E-state index contributed by atoms with van der Waals surface area (Å²) in [5, 5.41) is 0. The molecular formula is C12H25N3O. The highest BCUT2D eigenvalue weighted by Crippen LogP contribution is 2.22. The molecule has 0 radical (unpaired) electrons. The summed E-state index contributed by atoms with van der Waals surface area (Å²) in [6.45, 7) is 8.05. The molecule has 94 valence electrons. The van der Waals surface area contributed by atoms with Gasteiger partial charge in [0.2, 0.25) is 5.91 Å². The van der Waals surface area contributed by atoms with Crippen LogP contribution in [-0.4, -0.2) is 37.0 Å². The molecule has 0 aromatic carbocycles. The van der Waals surface area contributed by atoms with E-state index in [9.17, 15) is 4.79 Å². The van der Waals surface area contributed by atoms with Crippen LogP contribution in [-0.2, 0) is 4.79 Å². The minimum atomic E-state index is -0.148. The monoisotopic (exact) mass is 227 g/mol. The van der Waals surface area contributed by atoms with Gasteiger partial charge in [-0.1, -0.05) is 13.8 Å². The van der Waals surface area contributed by atoms with Crippen molar-refractivity contribution < 1.29 is 4.79 Å². The van der Waals surface area contributed by atoms with Crippen LogP contribution in [0.3, 0.4) is 0 Å². The molecule has 0 aliphatic carbocycles. The molecule has 4 heteroatoms. The van der Waals surface area contributed by atoms with E-state index < -0.39 is 0 Å². The zero-order valence-corrected chi connectivity index (χ0v) is 10.5. The van der Waals surface area contributed by atoms with Crippen LogP contribution < -0.4 is 11.5 Å². The normalized spacial score (nSPS) is 22.6. The molecule has 1 saturated heterocycles. The Morgan fingerprint density at radius 1 is 1.50 bits per heavy atom. The Kier molecular flexibility index (Phi) is 4.74. The summed E-state index contributed by atoms with van der Waals surface area (Å²) in [6, 6.07) is 0. The number of amides is 1. The Morgan fingerprint density at radius 2 is 2.19 bits per heavy atom. The van der Waals surface area contributed by atoms with Crippen LogP contribution in [0.15, 0.2) is 0 Å². The minimum Gasteiger partial charge on any atom is -0.369 e. The molecule has 0 spiro atoms. The molecule has 1 atom stereocenters. The van der Waals surface area contributed by atoms with Crippen molar-refractivity contribution in [2.75, 3.05) is 26.2 Å². The van der Waals surface area contributed by atoms with Gasteiger partial charge in [-0.05, 0) is 44.3 Å². The topological polar surface area (TPSA) is 72.3 Å². The first-order valence-electron chi connectivity index (χ1n) is 6.16. The number of nitrogens with zero attached hydrogens (tertiary/aromatic N) is 1. The lowest BCUT2D eigenvalue weighted by Crippen LogP contribution is -2.29. The highest BCUT2D eigenvalue weighted by Gasteiger charge is 2.26. The van der Waals surface area contributed by atoms with Gasteiger partial charge in [0.15, 0.2) is 0 Å². The van der Waals surface area contributed by atoms with Crippen LogP contribution in [0.25, 0.3) is 0 Å². The standard InChI is InChI=1S/C12H25N3O/c1-12(2,9-13)5-3-6-15-7-4-10(8-15)11(14)16/h10H,3-9,13H2,1-2H3,(H2,14,16). The van der Waals surface area contributed by atoms with Crippen LogP contribution in [0.2, 0.25) is 0 Å². The van der Waals surface area contributed by atoms with Crippen molar-refractivity contribution in [1.29, 1.82) is 0 Å². The number of likely N-dealkylation sites (tertiary alicyclic amines) is 1. The van der Waals surface area contributed by atoms with E-state index in [1.54, 1.807) is 0 Å². The molecule has 1 unspecified atom stereocenters. The van der Waals surface area contributed by atoms with Gasteiger partial charge in [-0.15, -0.1) is 0 Å². The second-order valence-electron chi connectivity index (χ2n) is 5.66. The molecule has 4 N–H and O–H groups in total. The van der Waals surface area contributed by atoms with E-state index in [1.165, 1.54) is 0 Å². The lowest BCUT2D eigenvalue weighted by molar-refractivity contribution is -0.121. The van der Waals surface area contributed by atoms with Gasteiger partial charge in [0.05, 0.1) is 5.92 Å². The average Bonchev–Trinajstić information content (AvgIpc) is 2.66. The van der Waals surface area contributed by atoms with Crippen LogP contribution in [0.1, 0.15) is 33.1 Å². The molecule has 1 fully saturated rings. The van der Waals surface area contributed by atoms with Gasteiger partial charge in [-0.2, -0.15) is 0 Å². The maximum absolute atomic E-state index is 11.0. The van der Waals surface area contributed by atoms with Gasteiger partial charge in [0.1, 0.15) is 0 Å².